The summed E-state index contributed by atoms with van der Waals surface area (Å²) in [5, 5.41) is 37.3. The lowest BCUT2D eigenvalue weighted by Gasteiger charge is -2.16. The summed E-state index contributed by atoms with van der Waals surface area (Å²) in [6, 6.07) is 0. The van der Waals surface area contributed by atoms with Crippen molar-refractivity contribution in [2.75, 3.05) is 0 Å². The van der Waals surface area contributed by atoms with Crippen LogP contribution in [-0.2, 0) is 4.79 Å². The van der Waals surface area contributed by atoms with E-state index in [-0.39, 0.29) is 6.42 Å². The maximum atomic E-state index is 10.5. The highest BCUT2D eigenvalue weighted by molar-refractivity contribution is 5.80. The van der Waals surface area contributed by atoms with E-state index in [9.17, 15) is 20.1 Å². The molecule has 24 heavy (non-hydrogen) atoms. The van der Waals surface area contributed by atoms with E-state index in [2.05, 4.69) is 0 Å². The molecule has 5 nitrogen and oxygen atoms in total. The number of hydrogen-bond donors (Lipinski definition) is 4. The van der Waals surface area contributed by atoms with Gasteiger partial charge in [0.2, 0.25) is 0 Å². The lowest BCUT2D eigenvalue weighted by Crippen LogP contribution is -2.27. The Hall–Kier alpha value is -1.95. The molecule has 5 heteroatoms. The SMILES string of the molecule is CC(/C=C/C=C1C=C(/C=C/C(=O)O)CC/1)=C\C(O)C(O)CC(C)O. The van der Waals surface area contributed by atoms with Gasteiger partial charge >= 0.3 is 5.97 Å². The fourth-order valence-corrected chi connectivity index (χ4v) is 2.36. The Balaban J connectivity index is 2.59. The highest BCUT2D eigenvalue weighted by Crippen LogP contribution is 2.24. The molecule has 0 saturated carbocycles. The van der Waals surface area contributed by atoms with Gasteiger partial charge in [-0.1, -0.05) is 42.0 Å². The summed E-state index contributed by atoms with van der Waals surface area (Å²) in [4.78, 5) is 10.5. The Morgan fingerprint density at radius 1 is 1.25 bits per heavy atom. The molecule has 0 heterocycles. The Labute approximate surface area is 142 Å². The van der Waals surface area contributed by atoms with E-state index in [0.29, 0.717) is 0 Å². The molecule has 0 bridgehead atoms. The van der Waals surface area contributed by atoms with Crippen molar-refractivity contribution in [3.63, 3.8) is 0 Å². The highest BCUT2D eigenvalue weighted by atomic mass is 16.4. The molecular weight excluding hydrogens is 308 g/mol. The maximum Gasteiger partial charge on any atom is 0.328 e. The van der Waals surface area contributed by atoms with Gasteiger partial charge in [-0.2, -0.15) is 0 Å². The second-order valence-corrected chi connectivity index (χ2v) is 6.04. The molecule has 1 rings (SSSR count). The summed E-state index contributed by atoms with van der Waals surface area (Å²) in [5.74, 6) is -0.953. The molecule has 1 aliphatic carbocycles. The number of aliphatic hydroxyl groups is 3. The molecule has 3 unspecified atom stereocenters. The predicted molar refractivity (Wildman–Crippen MR) is 93.4 cm³/mol. The van der Waals surface area contributed by atoms with Crippen LogP contribution in [0.15, 0.2) is 59.3 Å². The van der Waals surface area contributed by atoms with Gasteiger partial charge in [0.15, 0.2) is 0 Å². The van der Waals surface area contributed by atoms with E-state index in [1.54, 1.807) is 19.1 Å². The predicted octanol–water partition coefficient (Wildman–Crippen LogP) is 2.27. The number of carboxylic acids is 1. The van der Waals surface area contributed by atoms with E-state index < -0.39 is 24.3 Å². The molecule has 132 valence electrons. The summed E-state index contributed by atoms with van der Waals surface area (Å²) in [6.45, 7) is 3.38. The number of rotatable bonds is 8. The van der Waals surface area contributed by atoms with Crippen molar-refractivity contribution in [3.05, 3.63) is 59.3 Å². The van der Waals surface area contributed by atoms with Crippen LogP contribution >= 0.6 is 0 Å². The van der Waals surface area contributed by atoms with Gasteiger partial charge in [-0.05, 0) is 37.8 Å². The second-order valence-electron chi connectivity index (χ2n) is 6.04. The first-order chi connectivity index (χ1) is 11.3. The Morgan fingerprint density at radius 2 is 1.96 bits per heavy atom. The number of carbonyl (C=O) groups is 1. The molecule has 0 aliphatic heterocycles. The van der Waals surface area contributed by atoms with Crippen LogP contribution in [0.25, 0.3) is 0 Å². The van der Waals surface area contributed by atoms with Gasteiger partial charge < -0.3 is 20.4 Å². The summed E-state index contributed by atoms with van der Waals surface area (Å²) < 4.78 is 0. The van der Waals surface area contributed by atoms with E-state index >= 15 is 0 Å². The first-order valence-corrected chi connectivity index (χ1v) is 7.99. The van der Waals surface area contributed by atoms with Gasteiger partial charge in [0.25, 0.3) is 0 Å². The molecule has 0 amide bonds. The molecule has 0 saturated heterocycles. The first kappa shape index (κ1) is 20.1. The Bertz CT molecular complexity index is 579. The average molecular weight is 334 g/mol. The van der Waals surface area contributed by atoms with E-state index in [0.717, 1.165) is 35.6 Å². The minimum Gasteiger partial charge on any atom is -0.478 e. The van der Waals surface area contributed by atoms with Crippen LogP contribution in [0.1, 0.15) is 33.1 Å². The van der Waals surface area contributed by atoms with Crippen molar-refractivity contribution in [1.29, 1.82) is 0 Å². The van der Waals surface area contributed by atoms with Gasteiger partial charge in [-0.3, -0.25) is 0 Å². The van der Waals surface area contributed by atoms with E-state index in [1.165, 1.54) is 0 Å². The minimum atomic E-state index is -1.02. The van der Waals surface area contributed by atoms with Crippen molar-refractivity contribution in [1.82, 2.24) is 0 Å². The zero-order chi connectivity index (χ0) is 18.1. The standard InChI is InChI=1S/C19H26O5/c1-13(10-17(21)18(22)11-14(2)20)4-3-5-15-6-7-16(12-15)8-9-19(23)24/h3-5,8-10,12,14,17-18,20-22H,6-7,11H2,1-2H3,(H,23,24)/b4-3+,9-8+,13-10+,15-5+. The summed E-state index contributed by atoms with van der Waals surface area (Å²) in [5.41, 5.74) is 2.90. The van der Waals surface area contributed by atoms with Crippen LogP contribution in [0.4, 0.5) is 0 Å². The third-order valence-electron chi connectivity index (χ3n) is 3.59. The molecule has 0 spiro atoms. The number of aliphatic hydroxyl groups excluding tert-OH is 3. The van der Waals surface area contributed by atoms with Crippen LogP contribution in [0, 0.1) is 0 Å². The molecular formula is C19H26O5. The maximum absolute atomic E-state index is 10.5. The smallest absolute Gasteiger partial charge is 0.328 e. The molecule has 4 N–H and O–H groups in total. The van der Waals surface area contributed by atoms with Gasteiger partial charge in [0.05, 0.1) is 18.3 Å². The molecule has 0 aromatic heterocycles. The van der Waals surface area contributed by atoms with Crippen molar-refractivity contribution in [2.45, 2.75) is 51.4 Å². The minimum absolute atomic E-state index is 0.121. The third-order valence-corrected chi connectivity index (χ3v) is 3.59. The molecule has 0 radical (unpaired) electrons. The van der Waals surface area contributed by atoms with Crippen molar-refractivity contribution < 1.29 is 25.2 Å². The summed E-state index contributed by atoms with van der Waals surface area (Å²) in [7, 11) is 0. The van der Waals surface area contributed by atoms with Crippen LogP contribution in [0.2, 0.25) is 0 Å². The fourth-order valence-electron chi connectivity index (χ4n) is 2.36. The van der Waals surface area contributed by atoms with Gasteiger partial charge in [0, 0.05) is 12.5 Å². The van der Waals surface area contributed by atoms with Gasteiger partial charge in [-0.15, -0.1) is 0 Å². The van der Waals surface area contributed by atoms with Crippen molar-refractivity contribution in [3.8, 4) is 0 Å². The topological polar surface area (TPSA) is 98.0 Å². The van der Waals surface area contributed by atoms with E-state index in [4.69, 9.17) is 5.11 Å². The van der Waals surface area contributed by atoms with Crippen LogP contribution in [-0.4, -0.2) is 44.7 Å². The molecule has 3 atom stereocenters. The number of carboxylic acid groups (broad SMARTS) is 1. The highest BCUT2D eigenvalue weighted by Gasteiger charge is 2.15. The van der Waals surface area contributed by atoms with Crippen LogP contribution < -0.4 is 0 Å². The van der Waals surface area contributed by atoms with Crippen LogP contribution in [0.3, 0.4) is 0 Å². The van der Waals surface area contributed by atoms with Gasteiger partial charge in [0.1, 0.15) is 0 Å². The lowest BCUT2D eigenvalue weighted by atomic mass is 10.0. The molecule has 0 aromatic rings. The molecule has 0 aromatic carbocycles. The van der Waals surface area contributed by atoms with Crippen molar-refractivity contribution in [2.24, 2.45) is 0 Å². The quantitative estimate of drug-likeness (QED) is 0.403. The molecule has 0 fully saturated rings. The first-order valence-electron chi connectivity index (χ1n) is 7.99. The van der Waals surface area contributed by atoms with Crippen molar-refractivity contribution >= 4 is 5.97 Å². The largest absolute Gasteiger partial charge is 0.478 e. The Kier molecular flexibility index (Phi) is 8.40. The Morgan fingerprint density at radius 3 is 2.58 bits per heavy atom. The molecule has 1 aliphatic rings. The summed E-state index contributed by atoms with van der Waals surface area (Å²) in [6.07, 6.45) is 11.0. The zero-order valence-corrected chi connectivity index (χ0v) is 14.1. The monoisotopic (exact) mass is 334 g/mol. The number of aliphatic carboxylic acids is 1. The van der Waals surface area contributed by atoms with Gasteiger partial charge in [-0.25, -0.2) is 4.79 Å². The number of allylic oxidation sites excluding steroid dienone is 8. The normalized spacial score (nSPS) is 21.5. The average Bonchev–Trinajstić information content (AvgIpc) is 2.92. The second kappa shape index (κ2) is 10.0. The summed E-state index contributed by atoms with van der Waals surface area (Å²) >= 11 is 0. The lowest BCUT2D eigenvalue weighted by molar-refractivity contribution is -0.131. The van der Waals surface area contributed by atoms with Crippen LogP contribution in [0.5, 0.6) is 0 Å². The van der Waals surface area contributed by atoms with E-state index in [1.807, 2.05) is 31.2 Å². The fraction of sp³-hybridized carbons (Fsp3) is 0.421. The number of hydrogen-bond acceptors (Lipinski definition) is 4. The zero-order valence-electron chi connectivity index (χ0n) is 14.1. The third kappa shape index (κ3) is 8.06.